The Labute approximate surface area is 156 Å². The van der Waals surface area contributed by atoms with Gasteiger partial charge in [-0.3, -0.25) is 9.59 Å². The summed E-state index contributed by atoms with van der Waals surface area (Å²) in [6, 6.07) is 15.0. The number of halogens is 1. The average molecular weight is 405 g/mol. The summed E-state index contributed by atoms with van der Waals surface area (Å²) < 4.78 is 6.34. The molecular formula is C19H21BrN2O3. The lowest BCUT2D eigenvalue weighted by Gasteiger charge is -2.17. The van der Waals surface area contributed by atoms with Crippen LogP contribution in [-0.4, -0.2) is 36.9 Å². The van der Waals surface area contributed by atoms with Gasteiger partial charge in [-0.1, -0.05) is 29.8 Å². The number of amides is 2. The third kappa shape index (κ3) is 6.23. The third-order valence-electron chi connectivity index (χ3n) is 3.56. The maximum atomic E-state index is 12.1. The topological polar surface area (TPSA) is 58.6 Å². The number of hydrogen-bond donors (Lipinski definition) is 1. The fourth-order valence-electron chi connectivity index (χ4n) is 2.14. The molecule has 0 saturated carbocycles. The molecule has 0 bridgehead atoms. The van der Waals surface area contributed by atoms with E-state index >= 15 is 0 Å². The number of nitrogens with one attached hydrogen (secondary N) is 1. The summed E-state index contributed by atoms with van der Waals surface area (Å²) in [5.74, 6) is 0.337. The van der Waals surface area contributed by atoms with Crippen LogP contribution in [0.3, 0.4) is 0 Å². The Kier molecular flexibility index (Phi) is 7.01. The first-order valence-corrected chi connectivity index (χ1v) is 8.73. The Morgan fingerprint density at radius 1 is 1.12 bits per heavy atom. The van der Waals surface area contributed by atoms with Crippen molar-refractivity contribution in [1.82, 2.24) is 4.90 Å². The lowest BCUT2D eigenvalue weighted by molar-refractivity contribution is -0.133. The smallest absolute Gasteiger partial charge is 0.244 e. The van der Waals surface area contributed by atoms with Gasteiger partial charge in [0, 0.05) is 11.5 Å². The number of carbonyl (C=O) groups excluding carboxylic acids is 2. The van der Waals surface area contributed by atoms with Crippen LogP contribution in [0.25, 0.3) is 0 Å². The molecule has 2 aromatic rings. The van der Waals surface area contributed by atoms with Crippen molar-refractivity contribution in [2.24, 2.45) is 0 Å². The number of para-hydroxylation sites is 1. The van der Waals surface area contributed by atoms with E-state index in [2.05, 4.69) is 21.2 Å². The second-order valence-corrected chi connectivity index (χ2v) is 6.54. The van der Waals surface area contributed by atoms with Crippen LogP contribution in [0.5, 0.6) is 5.75 Å². The summed E-state index contributed by atoms with van der Waals surface area (Å²) in [4.78, 5) is 25.5. The van der Waals surface area contributed by atoms with Gasteiger partial charge in [0.25, 0.3) is 0 Å². The second-order valence-electron chi connectivity index (χ2n) is 5.69. The van der Waals surface area contributed by atoms with Gasteiger partial charge in [-0.25, -0.2) is 0 Å². The largest absolute Gasteiger partial charge is 0.493 e. The van der Waals surface area contributed by atoms with E-state index in [0.717, 1.165) is 15.8 Å². The van der Waals surface area contributed by atoms with Crippen LogP contribution in [-0.2, 0) is 9.59 Å². The summed E-state index contributed by atoms with van der Waals surface area (Å²) in [5.41, 5.74) is 1.83. The fraction of sp³-hybridized carbons (Fsp3) is 0.263. The van der Waals surface area contributed by atoms with E-state index in [1.54, 1.807) is 13.1 Å². The lowest BCUT2D eigenvalue weighted by Crippen LogP contribution is -2.35. The predicted molar refractivity (Wildman–Crippen MR) is 102 cm³/mol. The fourth-order valence-corrected chi connectivity index (χ4v) is 2.52. The van der Waals surface area contributed by atoms with Crippen molar-refractivity contribution in [1.29, 1.82) is 0 Å². The van der Waals surface area contributed by atoms with Gasteiger partial charge in [0.15, 0.2) is 0 Å². The van der Waals surface area contributed by atoms with Gasteiger partial charge in [-0.2, -0.15) is 0 Å². The van der Waals surface area contributed by atoms with E-state index in [-0.39, 0.29) is 31.4 Å². The highest BCUT2D eigenvalue weighted by Crippen LogP contribution is 2.21. The minimum atomic E-state index is -0.248. The molecule has 0 spiro atoms. The van der Waals surface area contributed by atoms with Crippen LogP contribution in [0, 0.1) is 6.92 Å². The molecule has 2 aromatic carbocycles. The predicted octanol–water partition coefficient (Wildman–Crippen LogP) is 3.62. The minimum absolute atomic E-state index is 0.00923. The molecule has 0 aliphatic rings. The number of carbonyl (C=O) groups is 2. The van der Waals surface area contributed by atoms with Crippen molar-refractivity contribution in [3.05, 3.63) is 58.6 Å². The number of rotatable bonds is 7. The zero-order valence-corrected chi connectivity index (χ0v) is 15.9. The Morgan fingerprint density at radius 2 is 1.80 bits per heavy atom. The molecule has 0 fully saturated rings. The number of nitrogens with zero attached hydrogens (tertiary/aromatic N) is 1. The molecule has 132 valence electrons. The highest BCUT2D eigenvalue weighted by molar-refractivity contribution is 9.10. The van der Waals surface area contributed by atoms with Gasteiger partial charge in [-0.15, -0.1) is 0 Å². The zero-order chi connectivity index (χ0) is 18.2. The number of hydrogen-bond acceptors (Lipinski definition) is 3. The first-order valence-electron chi connectivity index (χ1n) is 7.93. The van der Waals surface area contributed by atoms with Crippen molar-refractivity contribution in [2.75, 3.05) is 25.5 Å². The summed E-state index contributed by atoms with van der Waals surface area (Å²) >= 11 is 3.37. The second kappa shape index (κ2) is 9.22. The number of likely N-dealkylation sites (N-methyl/N-ethyl adjacent to an activating group) is 1. The highest BCUT2D eigenvalue weighted by atomic mass is 79.9. The van der Waals surface area contributed by atoms with Crippen LogP contribution in [0.2, 0.25) is 0 Å². The van der Waals surface area contributed by atoms with Crippen LogP contribution < -0.4 is 10.1 Å². The summed E-state index contributed by atoms with van der Waals surface area (Å²) in [7, 11) is 1.60. The van der Waals surface area contributed by atoms with E-state index in [0.29, 0.717) is 5.69 Å². The van der Waals surface area contributed by atoms with Crippen molar-refractivity contribution in [3.63, 3.8) is 0 Å². The van der Waals surface area contributed by atoms with Gasteiger partial charge < -0.3 is 15.0 Å². The van der Waals surface area contributed by atoms with Gasteiger partial charge in [0.2, 0.25) is 11.8 Å². The molecular weight excluding hydrogens is 384 g/mol. The van der Waals surface area contributed by atoms with Gasteiger partial charge in [0.05, 0.1) is 25.3 Å². The Bertz CT molecular complexity index is 732. The molecule has 6 heteroatoms. The molecule has 0 aliphatic carbocycles. The Balaban J connectivity index is 1.74. The van der Waals surface area contributed by atoms with E-state index in [4.69, 9.17) is 4.74 Å². The number of aryl methyl sites for hydroxylation is 1. The quantitative estimate of drug-likeness (QED) is 0.766. The molecule has 0 saturated heterocycles. The molecule has 0 heterocycles. The van der Waals surface area contributed by atoms with Crippen LogP contribution in [0.15, 0.2) is 53.0 Å². The molecule has 2 rings (SSSR count). The van der Waals surface area contributed by atoms with Crippen molar-refractivity contribution >= 4 is 33.4 Å². The van der Waals surface area contributed by atoms with Crippen molar-refractivity contribution in [3.8, 4) is 5.75 Å². The van der Waals surface area contributed by atoms with Gasteiger partial charge in [-0.05, 0) is 47.1 Å². The zero-order valence-electron chi connectivity index (χ0n) is 14.3. The monoisotopic (exact) mass is 404 g/mol. The normalized spacial score (nSPS) is 10.2. The van der Waals surface area contributed by atoms with Crippen molar-refractivity contribution < 1.29 is 14.3 Å². The minimum Gasteiger partial charge on any atom is -0.493 e. The SMILES string of the molecule is Cc1ccc(OCCC(=O)N(C)CC(=O)Nc2ccccc2Br)cc1. The first-order chi connectivity index (χ1) is 12.0. The average Bonchev–Trinajstić information content (AvgIpc) is 2.58. The first kappa shape index (κ1) is 19.0. The maximum absolute atomic E-state index is 12.1. The number of anilines is 1. The van der Waals surface area contributed by atoms with Crippen LogP contribution in [0.1, 0.15) is 12.0 Å². The lowest BCUT2D eigenvalue weighted by atomic mass is 10.2. The maximum Gasteiger partial charge on any atom is 0.244 e. The van der Waals surface area contributed by atoms with Crippen molar-refractivity contribution in [2.45, 2.75) is 13.3 Å². The standard InChI is InChI=1S/C19H21BrN2O3/c1-14-7-9-15(10-8-14)25-12-11-19(24)22(2)13-18(23)21-17-6-4-3-5-16(17)20/h3-10H,11-13H2,1-2H3,(H,21,23). The third-order valence-corrected chi connectivity index (χ3v) is 4.25. The highest BCUT2D eigenvalue weighted by Gasteiger charge is 2.14. The van der Waals surface area contributed by atoms with E-state index in [9.17, 15) is 9.59 Å². The summed E-state index contributed by atoms with van der Waals surface area (Å²) in [6.07, 6.45) is 0.215. The molecule has 5 nitrogen and oxygen atoms in total. The van der Waals surface area contributed by atoms with E-state index in [1.807, 2.05) is 49.4 Å². The molecule has 1 N–H and O–H groups in total. The summed E-state index contributed by atoms with van der Waals surface area (Å²) in [5, 5.41) is 2.77. The molecule has 0 radical (unpaired) electrons. The van der Waals surface area contributed by atoms with Crippen LogP contribution in [0.4, 0.5) is 5.69 Å². The molecule has 0 unspecified atom stereocenters. The Hall–Kier alpha value is -2.34. The molecule has 0 aromatic heterocycles. The molecule has 25 heavy (non-hydrogen) atoms. The molecule has 2 amide bonds. The van der Waals surface area contributed by atoms with Crippen LogP contribution >= 0.6 is 15.9 Å². The van der Waals surface area contributed by atoms with E-state index in [1.165, 1.54) is 4.90 Å². The van der Waals surface area contributed by atoms with Gasteiger partial charge >= 0.3 is 0 Å². The molecule has 0 atom stereocenters. The Morgan fingerprint density at radius 3 is 2.48 bits per heavy atom. The number of ether oxygens (including phenoxy) is 1. The number of benzene rings is 2. The summed E-state index contributed by atoms with van der Waals surface area (Å²) in [6.45, 7) is 2.27. The molecule has 0 aliphatic heterocycles. The van der Waals surface area contributed by atoms with E-state index < -0.39 is 0 Å². The van der Waals surface area contributed by atoms with Gasteiger partial charge in [0.1, 0.15) is 5.75 Å².